The Labute approximate surface area is 494 Å². The second-order valence-electron chi connectivity index (χ2n) is 22.7. The third-order valence-electron chi connectivity index (χ3n) is 17.1. The van der Waals surface area contributed by atoms with Crippen molar-refractivity contribution < 1.29 is 78.0 Å². The number of anilines is 1. The standard InChI is InChI=1S/C59H73N7O16S2/c1-32-55-42(65-17-21-79-57(74)56(65)82-55)25-44(81-32)38-26-59(76,27-39-47(38)53(72)50-49(52(39)71)51(70)37-10-7-11-43(67)48(37)54(50)73)58(75)64-80-29-33-12-14-34(15-13-33)61-46(69)28-60-45(68)16-19-77-22-23-78-20-18-66-62-40-30-83-35-8-5-3-2-4-6-9-36(24-35)84-31-41(40)63-66/h7,10-15,32,35-36,38,42,44,55-57,67,71-72,74,76H,2-6,8-9,16-31H2,1H3,(H,60,68)(H,61,69)(H,64,75)/t32-,35?,36?,38+,42-,44?,55+,56+,57-,59+/m0/s1. The van der Waals surface area contributed by atoms with Gasteiger partial charge in [-0.2, -0.15) is 38.5 Å². The molecular formula is C59H73N7O16S2. The molecule has 5 heterocycles. The van der Waals surface area contributed by atoms with Gasteiger partial charge in [-0.05, 0) is 62.8 Å². The number of morpholine rings is 1. The smallest absolute Gasteiger partial charge is 0.275 e. The number of hydrogen-bond donors (Lipinski definition) is 8. The third kappa shape index (κ3) is 13.0. The number of nitrogens with one attached hydrogen (secondary N) is 3. The Morgan fingerprint density at radius 1 is 0.821 bits per heavy atom. The molecule has 10 atom stereocenters. The molecule has 23 nitrogen and oxygen atoms in total. The number of ketones is 2. The zero-order valence-corrected chi connectivity index (χ0v) is 48.5. The molecule has 3 aliphatic carbocycles. The van der Waals surface area contributed by atoms with Crippen LogP contribution in [0.15, 0.2) is 42.5 Å². The summed E-state index contributed by atoms with van der Waals surface area (Å²) in [6.07, 6.45) is 5.75. The number of rotatable bonds is 17. The summed E-state index contributed by atoms with van der Waals surface area (Å²) in [6, 6.07) is 10.0. The van der Waals surface area contributed by atoms with Crippen molar-refractivity contribution in [1.82, 2.24) is 30.7 Å². The largest absolute Gasteiger partial charge is 0.507 e. The van der Waals surface area contributed by atoms with E-state index in [1.807, 2.05) is 28.4 Å². The summed E-state index contributed by atoms with van der Waals surface area (Å²) in [5.41, 5.74) is 1.39. The Kier molecular flexibility index (Phi) is 18.9. The van der Waals surface area contributed by atoms with Crippen molar-refractivity contribution >= 4 is 58.5 Å². The summed E-state index contributed by atoms with van der Waals surface area (Å²) in [5, 5.41) is 74.2. The summed E-state index contributed by atoms with van der Waals surface area (Å²) in [4.78, 5) is 76.9. The van der Waals surface area contributed by atoms with Gasteiger partial charge in [0.05, 0.1) is 93.0 Å². The van der Waals surface area contributed by atoms with Crippen molar-refractivity contribution in [3.05, 3.63) is 92.8 Å². The molecule has 8 N–H and O–H groups in total. The molecule has 11 rings (SSSR count). The predicted octanol–water partition coefficient (Wildman–Crippen LogP) is 4.63. The van der Waals surface area contributed by atoms with E-state index in [2.05, 4.69) is 16.1 Å². The Hall–Kier alpha value is -5.71. The van der Waals surface area contributed by atoms with Crippen LogP contribution in [0.25, 0.3) is 0 Å². The van der Waals surface area contributed by atoms with Gasteiger partial charge in [-0.15, -0.1) is 0 Å². The lowest BCUT2D eigenvalue weighted by Crippen LogP contribution is -2.57. The molecule has 25 heteroatoms. The Morgan fingerprint density at radius 3 is 2.26 bits per heavy atom. The molecule has 3 unspecified atom stereocenters. The lowest BCUT2D eigenvalue weighted by atomic mass is 9.67. The number of benzene rings is 3. The van der Waals surface area contributed by atoms with Gasteiger partial charge < -0.3 is 59.9 Å². The normalized spacial score (nSPS) is 27.7. The number of amides is 3. The highest BCUT2D eigenvalue weighted by molar-refractivity contribution is 8.00. The zero-order chi connectivity index (χ0) is 58.6. The molecule has 4 aromatic rings. The molecule has 1 aromatic heterocycles. The molecule has 7 aliphatic rings. The van der Waals surface area contributed by atoms with E-state index in [0.717, 1.165) is 22.9 Å². The number of hydrogen-bond acceptors (Lipinski definition) is 21. The van der Waals surface area contributed by atoms with Gasteiger partial charge in [0.2, 0.25) is 17.6 Å². The Balaban J connectivity index is 0.633. The minimum atomic E-state index is -2.34. The van der Waals surface area contributed by atoms with E-state index in [4.69, 9.17) is 38.7 Å². The average molecular weight is 1200 g/mol. The maximum atomic E-state index is 14.2. The molecule has 2 bridgehead atoms. The highest BCUT2D eigenvalue weighted by Gasteiger charge is 2.57. The van der Waals surface area contributed by atoms with Crippen molar-refractivity contribution in [3.8, 4) is 17.2 Å². The van der Waals surface area contributed by atoms with Gasteiger partial charge in [0.1, 0.15) is 29.0 Å². The third-order valence-corrected chi connectivity index (χ3v) is 19.8. The first kappa shape index (κ1) is 60.0. The molecule has 4 fully saturated rings. The van der Waals surface area contributed by atoms with Gasteiger partial charge in [-0.1, -0.05) is 56.4 Å². The molecular weight excluding hydrogens is 1130 g/mol. The van der Waals surface area contributed by atoms with Crippen molar-refractivity contribution in [2.24, 2.45) is 0 Å². The molecule has 452 valence electrons. The van der Waals surface area contributed by atoms with E-state index >= 15 is 0 Å². The predicted molar refractivity (Wildman–Crippen MR) is 305 cm³/mol. The first-order chi connectivity index (χ1) is 40.6. The maximum Gasteiger partial charge on any atom is 0.275 e. The van der Waals surface area contributed by atoms with Gasteiger partial charge in [-0.25, -0.2) is 5.48 Å². The van der Waals surface area contributed by atoms with Crippen LogP contribution in [0.2, 0.25) is 0 Å². The Bertz CT molecular complexity index is 3060. The highest BCUT2D eigenvalue weighted by Crippen LogP contribution is 2.55. The monoisotopic (exact) mass is 1200 g/mol. The van der Waals surface area contributed by atoms with E-state index in [0.29, 0.717) is 54.7 Å². The van der Waals surface area contributed by atoms with Crippen molar-refractivity contribution in [2.75, 3.05) is 51.4 Å². The number of carbonyl (C=O) groups excluding carboxylic acids is 5. The van der Waals surface area contributed by atoms with E-state index in [1.54, 1.807) is 36.0 Å². The van der Waals surface area contributed by atoms with Crippen molar-refractivity contribution in [3.63, 3.8) is 0 Å². The van der Waals surface area contributed by atoms with E-state index in [9.17, 15) is 49.5 Å². The molecule has 0 radical (unpaired) electrons. The first-order valence-electron chi connectivity index (χ1n) is 29.1. The number of phenols is 3. The van der Waals surface area contributed by atoms with Crippen molar-refractivity contribution in [1.29, 1.82) is 0 Å². The minimum Gasteiger partial charge on any atom is -0.507 e. The number of aliphatic hydroxyl groups is 2. The fourth-order valence-corrected chi connectivity index (χ4v) is 15.6. The summed E-state index contributed by atoms with van der Waals surface area (Å²) in [7, 11) is 0. The lowest BCUT2D eigenvalue weighted by Gasteiger charge is -2.46. The van der Waals surface area contributed by atoms with Gasteiger partial charge in [0.15, 0.2) is 18.3 Å². The van der Waals surface area contributed by atoms with Crippen LogP contribution in [0.3, 0.4) is 0 Å². The minimum absolute atomic E-state index is 0.000453. The van der Waals surface area contributed by atoms with Crippen LogP contribution in [0.5, 0.6) is 17.2 Å². The average Bonchev–Trinajstić information content (AvgIpc) is 0.869. The number of hydroxylamine groups is 1. The van der Waals surface area contributed by atoms with Crippen molar-refractivity contribution in [2.45, 2.75) is 168 Å². The number of thioether (sulfide) groups is 2. The SMILES string of the molecule is C[C@@H]1OC([C@H]2C[C@](O)(C(=O)NOCc3ccc(NC(=O)CNC(=O)CCOCCOCCn4nc5c(n4)CSC4CCCCCCCC(C4)SC5)cc3)Cc3c(O)c4c(c(O)c32)C(=O)c2c(O)cccc2C4=O)C[C@H]2[C@@H]1O[C@@H]1[C@@H](O)OCCN12. The van der Waals surface area contributed by atoms with Crippen LogP contribution in [-0.4, -0.2) is 174 Å². The summed E-state index contributed by atoms with van der Waals surface area (Å²) >= 11 is 4.09. The summed E-state index contributed by atoms with van der Waals surface area (Å²) in [5.74, 6) is -4.73. The topological polar surface area (TPSA) is 312 Å². The molecule has 0 spiro atoms. The van der Waals surface area contributed by atoms with Crippen LogP contribution in [0, 0.1) is 0 Å². The fraction of sp³-hybridized carbons (Fsp3) is 0.576. The van der Waals surface area contributed by atoms with Crippen LogP contribution in [-0.2, 0) is 74.0 Å². The second-order valence-corrected chi connectivity index (χ2v) is 25.3. The first-order valence-corrected chi connectivity index (χ1v) is 31.2. The molecule has 3 aromatic carbocycles. The quantitative estimate of drug-likeness (QED) is 0.0357. The summed E-state index contributed by atoms with van der Waals surface area (Å²) < 4.78 is 29.6. The van der Waals surface area contributed by atoms with E-state index < -0.39 is 107 Å². The number of aromatic hydroxyl groups is 3. The molecule has 1 saturated carbocycles. The fourth-order valence-electron chi connectivity index (χ4n) is 12.9. The zero-order valence-electron chi connectivity index (χ0n) is 46.8. The molecule has 4 aliphatic heterocycles. The number of aliphatic hydroxyl groups excluding tert-OH is 1. The number of fused-ring (bicyclic) bond motifs is 9. The van der Waals surface area contributed by atoms with Crippen LogP contribution < -0.4 is 16.1 Å². The van der Waals surface area contributed by atoms with E-state index in [-0.39, 0.29) is 73.4 Å². The second kappa shape index (κ2) is 26.5. The summed E-state index contributed by atoms with van der Waals surface area (Å²) in [6.45, 7) is 3.73. The highest BCUT2D eigenvalue weighted by atomic mass is 32.2. The van der Waals surface area contributed by atoms with Gasteiger partial charge in [0, 0.05) is 75.7 Å². The van der Waals surface area contributed by atoms with Gasteiger partial charge in [-0.3, -0.25) is 33.7 Å². The molecule has 3 amide bonds. The number of nitrogens with zero attached hydrogens (tertiary/aromatic N) is 4. The van der Waals surface area contributed by atoms with Crippen LogP contribution in [0.4, 0.5) is 5.69 Å². The van der Waals surface area contributed by atoms with E-state index in [1.165, 1.54) is 69.6 Å². The number of aromatic nitrogens is 3. The number of carbonyl (C=O) groups is 5. The number of phenolic OH excluding ortho intramolecular Hbond substituents is 3. The number of ether oxygens (including phenoxy) is 5. The lowest BCUT2D eigenvalue weighted by molar-refractivity contribution is -0.235. The molecule has 84 heavy (non-hydrogen) atoms. The maximum absolute atomic E-state index is 14.2. The van der Waals surface area contributed by atoms with Crippen LogP contribution >= 0.6 is 23.5 Å². The van der Waals surface area contributed by atoms with Crippen LogP contribution in [0.1, 0.15) is 143 Å². The van der Waals surface area contributed by atoms with Gasteiger partial charge in [0.25, 0.3) is 5.91 Å². The molecule has 3 saturated heterocycles. The Morgan fingerprint density at radius 2 is 1.52 bits per heavy atom. The van der Waals surface area contributed by atoms with Gasteiger partial charge >= 0.3 is 0 Å².